The lowest BCUT2D eigenvalue weighted by atomic mass is 10.3. The number of rotatable bonds is 5. The molecule has 0 fully saturated rings. The number of hydrogen-bond donors (Lipinski definition) is 2. The molecular formula is C11H11ClN2O2S4. The van der Waals surface area contributed by atoms with Crippen LogP contribution in [0.25, 0.3) is 0 Å². The largest absolute Gasteiger partial charge is 0.389 e. The highest BCUT2D eigenvalue weighted by molar-refractivity contribution is 7.91. The molecule has 20 heavy (non-hydrogen) atoms. The Hall–Kier alpha value is -0.510. The zero-order valence-corrected chi connectivity index (χ0v) is 14.3. The van der Waals surface area contributed by atoms with Crippen LogP contribution in [-0.4, -0.2) is 13.4 Å². The highest BCUT2D eigenvalue weighted by atomic mass is 35.5. The standard InChI is InChI=1S/C11H11ClN2O2S4/c1-6(7-2-4-9(12)18-7)14-20(15,16)10-5-3-8(19-10)11(13)17/h2-6,14H,1H3,(H2,13,17). The first-order valence-corrected chi connectivity index (χ1v) is 9.37. The van der Waals surface area contributed by atoms with Crippen LogP contribution in [0.3, 0.4) is 0 Å². The van der Waals surface area contributed by atoms with E-state index in [-0.39, 0.29) is 15.2 Å². The minimum Gasteiger partial charge on any atom is -0.389 e. The summed E-state index contributed by atoms with van der Waals surface area (Å²) in [6.45, 7) is 1.77. The lowest BCUT2D eigenvalue weighted by Crippen LogP contribution is -2.25. The molecule has 2 heterocycles. The number of nitrogens with two attached hydrogens (primary N) is 1. The third-order valence-corrected chi connectivity index (χ3v) is 7.36. The monoisotopic (exact) mass is 366 g/mol. The fraction of sp³-hybridized carbons (Fsp3) is 0.182. The third kappa shape index (κ3) is 3.57. The number of nitrogens with one attached hydrogen (secondary N) is 1. The van der Waals surface area contributed by atoms with E-state index >= 15 is 0 Å². The van der Waals surface area contributed by atoms with Gasteiger partial charge in [-0.3, -0.25) is 0 Å². The fourth-order valence-electron chi connectivity index (χ4n) is 1.51. The van der Waals surface area contributed by atoms with Gasteiger partial charge in [-0.1, -0.05) is 23.8 Å². The molecule has 0 aliphatic rings. The van der Waals surface area contributed by atoms with Crippen LogP contribution in [0.15, 0.2) is 28.5 Å². The zero-order chi connectivity index (χ0) is 14.9. The van der Waals surface area contributed by atoms with Crippen molar-refractivity contribution >= 4 is 61.5 Å². The first-order valence-electron chi connectivity index (χ1n) is 5.47. The second kappa shape index (κ2) is 6.08. The van der Waals surface area contributed by atoms with Crippen molar-refractivity contribution in [2.24, 2.45) is 5.73 Å². The molecule has 4 nitrogen and oxygen atoms in total. The molecule has 3 N–H and O–H groups in total. The van der Waals surface area contributed by atoms with Gasteiger partial charge < -0.3 is 5.73 Å². The molecule has 9 heteroatoms. The van der Waals surface area contributed by atoms with E-state index < -0.39 is 10.0 Å². The van der Waals surface area contributed by atoms with E-state index in [1.54, 1.807) is 25.1 Å². The fourth-order valence-corrected chi connectivity index (χ4v) is 5.24. The molecule has 0 amide bonds. The van der Waals surface area contributed by atoms with E-state index in [0.29, 0.717) is 9.21 Å². The quantitative estimate of drug-likeness (QED) is 0.797. The van der Waals surface area contributed by atoms with Gasteiger partial charge in [-0.2, -0.15) is 0 Å². The average Bonchev–Trinajstić information content (AvgIpc) is 2.96. The Balaban J connectivity index is 2.20. The van der Waals surface area contributed by atoms with Gasteiger partial charge in [0.15, 0.2) is 0 Å². The molecule has 1 unspecified atom stereocenters. The van der Waals surface area contributed by atoms with Crippen LogP contribution < -0.4 is 10.5 Å². The van der Waals surface area contributed by atoms with E-state index in [2.05, 4.69) is 4.72 Å². The van der Waals surface area contributed by atoms with Crippen LogP contribution >= 0.6 is 46.5 Å². The smallest absolute Gasteiger partial charge is 0.250 e. The predicted molar refractivity (Wildman–Crippen MR) is 88.3 cm³/mol. The van der Waals surface area contributed by atoms with Gasteiger partial charge in [0.2, 0.25) is 0 Å². The average molecular weight is 367 g/mol. The maximum absolute atomic E-state index is 12.2. The predicted octanol–water partition coefficient (Wildman–Crippen LogP) is 3.14. The van der Waals surface area contributed by atoms with Crippen LogP contribution in [0.2, 0.25) is 4.34 Å². The molecule has 2 aromatic heterocycles. The van der Waals surface area contributed by atoms with Crippen molar-refractivity contribution in [3.63, 3.8) is 0 Å². The molecule has 0 radical (unpaired) electrons. The Kier molecular flexibility index (Phi) is 4.83. The Morgan fingerprint density at radius 3 is 2.55 bits per heavy atom. The maximum Gasteiger partial charge on any atom is 0.250 e. The Morgan fingerprint density at radius 1 is 1.35 bits per heavy atom. The summed E-state index contributed by atoms with van der Waals surface area (Å²) < 4.78 is 27.9. The van der Waals surface area contributed by atoms with Crippen molar-refractivity contribution in [1.29, 1.82) is 0 Å². The summed E-state index contributed by atoms with van der Waals surface area (Å²) in [4.78, 5) is 1.62. The van der Waals surface area contributed by atoms with Crippen LogP contribution in [-0.2, 0) is 10.0 Å². The molecule has 0 aliphatic heterocycles. The highest BCUT2D eigenvalue weighted by Crippen LogP contribution is 2.29. The molecule has 1 atom stereocenters. The summed E-state index contributed by atoms with van der Waals surface area (Å²) in [6.07, 6.45) is 0. The summed E-state index contributed by atoms with van der Waals surface area (Å²) in [7, 11) is -3.59. The van der Waals surface area contributed by atoms with Gasteiger partial charge in [0.25, 0.3) is 10.0 Å². The Morgan fingerprint density at radius 2 is 2.05 bits per heavy atom. The molecule has 2 aromatic rings. The first kappa shape index (κ1) is 15.9. The van der Waals surface area contributed by atoms with Crippen LogP contribution in [0, 0.1) is 0 Å². The van der Waals surface area contributed by atoms with Gasteiger partial charge in [0, 0.05) is 4.88 Å². The van der Waals surface area contributed by atoms with Gasteiger partial charge in [0.05, 0.1) is 15.3 Å². The van der Waals surface area contributed by atoms with Crippen molar-refractivity contribution in [2.75, 3.05) is 0 Å². The number of hydrogen-bond acceptors (Lipinski definition) is 5. The normalized spacial score (nSPS) is 13.3. The van der Waals surface area contributed by atoms with Gasteiger partial charge >= 0.3 is 0 Å². The minimum atomic E-state index is -3.59. The SMILES string of the molecule is CC(NS(=O)(=O)c1ccc(C(N)=S)s1)c1ccc(Cl)s1. The Labute approximate surface area is 135 Å². The van der Waals surface area contributed by atoms with E-state index in [1.165, 1.54) is 17.4 Å². The topological polar surface area (TPSA) is 72.2 Å². The second-order valence-electron chi connectivity index (χ2n) is 3.97. The third-order valence-electron chi connectivity index (χ3n) is 2.44. The highest BCUT2D eigenvalue weighted by Gasteiger charge is 2.21. The minimum absolute atomic E-state index is 0.189. The lowest BCUT2D eigenvalue weighted by molar-refractivity contribution is 0.570. The molecule has 0 saturated carbocycles. The van der Waals surface area contributed by atoms with Gasteiger partial charge in [0.1, 0.15) is 9.20 Å². The summed E-state index contributed by atoms with van der Waals surface area (Å²) in [5.41, 5.74) is 5.48. The molecule has 0 bridgehead atoms. The van der Waals surface area contributed by atoms with E-state index in [1.807, 2.05) is 0 Å². The Bertz CT molecular complexity index is 735. The zero-order valence-electron chi connectivity index (χ0n) is 10.3. The lowest BCUT2D eigenvalue weighted by Gasteiger charge is -2.11. The molecule has 0 aromatic carbocycles. The van der Waals surface area contributed by atoms with Crippen LogP contribution in [0.1, 0.15) is 22.7 Å². The van der Waals surface area contributed by atoms with Gasteiger partial charge in [-0.15, -0.1) is 22.7 Å². The molecular weight excluding hydrogens is 356 g/mol. The van der Waals surface area contributed by atoms with Crippen molar-refractivity contribution < 1.29 is 8.42 Å². The molecule has 0 aliphatic carbocycles. The number of thiophene rings is 2. The molecule has 0 saturated heterocycles. The van der Waals surface area contributed by atoms with Crippen LogP contribution in [0.5, 0.6) is 0 Å². The van der Waals surface area contributed by atoms with Crippen molar-refractivity contribution in [3.05, 3.63) is 38.4 Å². The number of sulfonamides is 1. The summed E-state index contributed by atoms with van der Waals surface area (Å²) in [5.74, 6) is 0. The van der Waals surface area contributed by atoms with Crippen molar-refractivity contribution in [3.8, 4) is 0 Å². The van der Waals surface area contributed by atoms with E-state index in [9.17, 15) is 8.42 Å². The first-order chi connectivity index (χ1) is 9.29. The van der Waals surface area contributed by atoms with E-state index in [0.717, 1.165) is 16.2 Å². The molecule has 2 rings (SSSR count). The maximum atomic E-state index is 12.2. The number of halogens is 1. The summed E-state index contributed by atoms with van der Waals surface area (Å²) >= 11 is 13.1. The van der Waals surface area contributed by atoms with Crippen molar-refractivity contribution in [2.45, 2.75) is 17.2 Å². The van der Waals surface area contributed by atoms with Crippen molar-refractivity contribution in [1.82, 2.24) is 4.72 Å². The molecule has 0 spiro atoms. The number of thiocarbonyl (C=S) groups is 1. The second-order valence-corrected chi connectivity index (χ2v) is 9.18. The summed E-state index contributed by atoms with van der Waals surface area (Å²) in [6, 6.07) is 6.29. The van der Waals surface area contributed by atoms with Crippen LogP contribution in [0.4, 0.5) is 0 Å². The van der Waals surface area contributed by atoms with E-state index in [4.69, 9.17) is 29.6 Å². The summed E-state index contributed by atoms with van der Waals surface area (Å²) in [5, 5.41) is 0. The molecule has 108 valence electrons. The van der Waals surface area contributed by atoms with Gasteiger partial charge in [-0.05, 0) is 31.2 Å². The van der Waals surface area contributed by atoms with Gasteiger partial charge in [-0.25, -0.2) is 13.1 Å².